The molecule has 1 heterocycles. The van der Waals surface area contributed by atoms with E-state index in [1.165, 1.54) is 0 Å². The van der Waals surface area contributed by atoms with Gasteiger partial charge in [0.15, 0.2) is 0 Å². The van der Waals surface area contributed by atoms with Gasteiger partial charge in [-0.05, 0) is 44.4 Å². The monoisotopic (exact) mass is 295 g/mol. The van der Waals surface area contributed by atoms with Crippen LogP contribution >= 0.6 is 11.6 Å². The van der Waals surface area contributed by atoms with Gasteiger partial charge in [-0.3, -0.25) is 4.79 Å². The molecule has 1 aliphatic heterocycles. The molecule has 1 fully saturated rings. The molecule has 0 radical (unpaired) electrons. The average Bonchev–Trinajstić information content (AvgIpc) is 2.39. The van der Waals surface area contributed by atoms with E-state index in [0.717, 1.165) is 24.1 Å². The summed E-state index contributed by atoms with van der Waals surface area (Å²) in [4.78, 5) is 13.6. The molecule has 0 saturated carbocycles. The Kier molecular flexibility index (Phi) is 4.55. The molecule has 2 rings (SSSR count). The topological polar surface area (TPSA) is 72.4 Å². The first kappa shape index (κ1) is 15.1. The van der Waals surface area contributed by atoms with Crippen LogP contribution in [0.2, 0.25) is 5.02 Å². The third-order valence-corrected chi connectivity index (χ3v) is 4.39. The molecular formula is C15H22ClN3O. The standard InChI is InChI=1S/C15H22ClN3O/c1-9-3-4-12(15(18)20)8-19(9)14-6-5-11(10(2)17)7-13(14)16/h5-7,9-10,12H,3-4,8,17H2,1-2H3,(H2,18,20)/t9?,10-,12?/m0/s1. The van der Waals surface area contributed by atoms with Crippen LogP contribution in [0.1, 0.15) is 38.3 Å². The molecule has 0 spiro atoms. The Bertz CT molecular complexity index is 504. The fourth-order valence-corrected chi connectivity index (χ4v) is 3.01. The van der Waals surface area contributed by atoms with Crippen molar-refractivity contribution >= 4 is 23.2 Å². The Balaban J connectivity index is 2.27. The molecule has 1 saturated heterocycles. The highest BCUT2D eigenvalue weighted by molar-refractivity contribution is 6.33. The number of nitrogens with two attached hydrogens (primary N) is 2. The summed E-state index contributed by atoms with van der Waals surface area (Å²) in [7, 11) is 0. The third kappa shape index (κ3) is 3.07. The Hall–Kier alpha value is -1.26. The summed E-state index contributed by atoms with van der Waals surface area (Å²) >= 11 is 6.39. The molecule has 2 unspecified atom stereocenters. The fraction of sp³-hybridized carbons (Fsp3) is 0.533. The summed E-state index contributed by atoms with van der Waals surface area (Å²) in [6, 6.07) is 6.19. The lowest BCUT2D eigenvalue weighted by Gasteiger charge is -2.39. The first-order chi connectivity index (χ1) is 9.40. The van der Waals surface area contributed by atoms with Gasteiger partial charge in [0.25, 0.3) is 0 Å². The summed E-state index contributed by atoms with van der Waals surface area (Å²) < 4.78 is 0. The number of anilines is 1. The van der Waals surface area contributed by atoms with Crippen LogP contribution in [-0.4, -0.2) is 18.5 Å². The second-order valence-electron chi connectivity index (χ2n) is 5.68. The predicted molar refractivity (Wildman–Crippen MR) is 82.8 cm³/mol. The van der Waals surface area contributed by atoms with Crippen LogP contribution in [0.5, 0.6) is 0 Å². The molecule has 0 bridgehead atoms. The van der Waals surface area contributed by atoms with E-state index in [4.69, 9.17) is 23.1 Å². The summed E-state index contributed by atoms with van der Waals surface area (Å²) in [5.74, 6) is -0.333. The maximum Gasteiger partial charge on any atom is 0.222 e. The quantitative estimate of drug-likeness (QED) is 0.899. The maximum absolute atomic E-state index is 11.4. The molecule has 1 aromatic carbocycles. The van der Waals surface area contributed by atoms with Crippen molar-refractivity contribution in [2.75, 3.05) is 11.4 Å². The van der Waals surface area contributed by atoms with E-state index in [9.17, 15) is 4.79 Å². The molecule has 0 aromatic heterocycles. The van der Waals surface area contributed by atoms with Crippen molar-refractivity contribution in [3.8, 4) is 0 Å². The lowest BCUT2D eigenvalue weighted by Crippen LogP contribution is -2.46. The number of hydrogen-bond donors (Lipinski definition) is 2. The minimum atomic E-state index is -0.231. The predicted octanol–water partition coefficient (Wildman–Crippen LogP) is 2.45. The molecule has 1 aliphatic rings. The number of piperidine rings is 1. The molecule has 3 atom stereocenters. The number of carbonyl (C=O) groups is 1. The molecule has 4 N–H and O–H groups in total. The summed E-state index contributed by atoms with van der Waals surface area (Å²) in [5.41, 5.74) is 13.3. The van der Waals surface area contributed by atoms with Crippen molar-refractivity contribution < 1.29 is 4.79 Å². The van der Waals surface area contributed by atoms with Gasteiger partial charge in [0, 0.05) is 18.6 Å². The van der Waals surface area contributed by atoms with E-state index in [1.54, 1.807) is 0 Å². The first-order valence-electron chi connectivity index (χ1n) is 7.01. The van der Waals surface area contributed by atoms with Crippen LogP contribution in [0.25, 0.3) is 0 Å². The van der Waals surface area contributed by atoms with Gasteiger partial charge in [-0.2, -0.15) is 0 Å². The van der Waals surface area contributed by atoms with Crippen molar-refractivity contribution in [2.45, 2.75) is 38.8 Å². The van der Waals surface area contributed by atoms with E-state index >= 15 is 0 Å². The zero-order valence-electron chi connectivity index (χ0n) is 12.0. The fourth-order valence-electron chi connectivity index (χ4n) is 2.71. The van der Waals surface area contributed by atoms with Gasteiger partial charge in [0.05, 0.1) is 16.6 Å². The molecule has 1 aromatic rings. The van der Waals surface area contributed by atoms with Crippen molar-refractivity contribution in [3.05, 3.63) is 28.8 Å². The molecular weight excluding hydrogens is 274 g/mol. The van der Waals surface area contributed by atoms with Crippen molar-refractivity contribution in [1.82, 2.24) is 0 Å². The van der Waals surface area contributed by atoms with Gasteiger partial charge in [-0.15, -0.1) is 0 Å². The second-order valence-corrected chi connectivity index (χ2v) is 6.08. The molecule has 5 heteroatoms. The molecule has 20 heavy (non-hydrogen) atoms. The first-order valence-corrected chi connectivity index (χ1v) is 7.39. The summed E-state index contributed by atoms with van der Waals surface area (Å²) in [6.45, 7) is 4.71. The van der Waals surface area contributed by atoms with Crippen LogP contribution in [0.15, 0.2) is 18.2 Å². The largest absolute Gasteiger partial charge is 0.369 e. The number of carbonyl (C=O) groups excluding carboxylic acids is 1. The number of primary amides is 1. The van der Waals surface area contributed by atoms with Crippen LogP contribution in [-0.2, 0) is 4.79 Å². The zero-order chi connectivity index (χ0) is 14.9. The van der Waals surface area contributed by atoms with E-state index < -0.39 is 0 Å². The van der Waals surface area contributed by atoms with E-state index in [1.807, 2.05) is 25.1 Å². The minimum Gasteiger partial charge on any atom is -0.369 e. The number of amides is 1. The van der Waals surface area contributed by atoms with Gasteiger partial charge in [0.2, 0.25) is 5.91 Å². The SMILES string of the molecule is CC1CCC(C(N)=O)CN1c1ccc([C@H](C)N)cc1Cl. The van der Waals surface area contributed by atoms with Crippen molar-refractivity contribution in [2.24, 2.45) is 17.4 Å². The Morgan fingerprint density at radius 2 is 2.15 bits per heavy atom. The third-order valence-electron chi connectivity index (χ3n) is 4.09. The molecule has 0 aliphatic carbocycles. The number of halogens is 1. The Labute approximate surface area is 125 Å². The van der Waals surface area contributed by atoms with E-state index in [-0.39, 0.29) is 17.9 Å². The van der Waals surface area contributed by atoms with Crippen molar-refractivity contribution in [3.63, 3.8) is 0 Å². The summed E-state index contributed by atoms with van der Waals surface area (Å²) in [5, 5.41) is 0.678. The average molecular weight is 296 g/mol. The highest BCUT2D eigenvalue weighted by Gasteiger charge is 2.29. The maximum atomic E-state index is 11.4. The molecule has 1 amide bonds. The number of hydrogen-bond acceptors (Lipinski definition) is 3. The smallest absolute Gasteiger partial charge is 0.222 e. The Morgan fingerprint density at radius 3 is 2.70 bits per heavy atom. The molecule has 110 valence electrons. The number of rotatable bonds is 3. The van der Waals surface area contributed by atoms with Gasteiger partial charge in [0.1, 0.15) is 0 Å². The lowest BCUT2D eigenvalue weighted by atomic mass is 9.92. The van der Waals surface area contributed by atoms with Crippen LogP contribution < -0.4 is 16.4 Å². The van der Waals surface area contributed by atoms with Crippen LogP contribution in [0, 0.1) is 5.92 Å². The van der Waals surface area contributed by atoms with Gasteiger partial charge >= 0.3 is 0 Å². The van der Waals surface area contributed by atoms with Crippen molar-refractivity contribution in [1.29, 1.82) is 0 Å². The van der Waals surface area contributed by atoms with Gasteiger partial charge < -0.3 is 16.4 Å². The number of benzene rings is 1. The van der Waals surface area contributed by atoms with Crippen LogP contribution in [0.4, 0.5) is 5.69 Å². The summed E-state index contributed by atoms with van der Waals surface area (Å²) in [6.07, 6.45) is 1.79. The van der Waals surface area contributed by atoms with E-state index in [0.29, 0.717) is 17.6 Å². The zero-order valence-corrected chi connectivity index (χ0v) is 12.7. The highest BCUT2D eigenvalue weighted by atomic mass is 35.5. The minimum absolute atomic E-state index is 0.0429. The van der Waals surface area contributed by atoms with Crippen LogP contribution in [0.3, 0.4) is 0 Å². The highest BCUT2D eigenvalue weighted by Crippen LogP contribution is 2.34. The molecule has 4 nitrogen and oxygen atoms in total. The van der Waals surface area contributed by atoms with Gasteiger partial charge in [-0.1, -0.05) is 17.7 Å². The van der Waals surface area contributed by atoms with E-state index in [2.05, 4.69) is 11.8 Å². The second kappa shape index (κ2) is 6.02. The number of nitrogens with zero attached hydrogens (tertiary/aromatic N) is 1. The van der Waals surface area contributed by atoms with Gasteiger partial charge in [-0.25, -0.2) is 0 Å². The Morgan fingerprint density at radius 1 is 1.45 bits per heavy atom. The lowest BCUT2D eigenvalue weighted by molar-refractivity contribution is -0.122. The normalized spacial score (nSPS) is 24.5.